The van der Waals surface area contributed by atoms with E-state index < -0.39 is 5.54 Å². The standard InChI is InChI=1S/C9H12N2O3.C4H10/c1-10-7(13)9(11(2)8(10)14)4-3-6(12)5-9;1-4(2)3/h3-5H2,1-2H3;4H,1-3H3. The lowest BCUT2D eigenvalue weighted by Crippen LogP contribution is -2.45. The summed E-state index contributed by atoms with van der Waals surface area (Å²) in [5.74, 6) is 0.657. The molecule has 1 saturated carbocycles. The first-order valence-corrected chi connectivity index (χ1v) is 6.30. The van der Waals surface area contributed by atoms with Gasteiger partial charge >= 0.3 is 6.03 Å². The van der Waals surface area contributed by atoms with Crippen LogP contribution in [0.5, 0.6) is 0 Å². The van der Waals surface area contributed by atoms with Crippen LogP contribution >= 0.6 is 0 Å². The molecule has 1 heterocycles. The van der Waals surface area contributed by atoms with Crippen LogP contribution in [0, 0.1) is 5.92 Å². The number of Topliss-reactive ketones (excluding diaryl/α,β-unsaturated/α-hetero) is 1. The van der Waals surface area contributed by atoms with E-state index in [0.29, 0.717) is 12.8 Å². The Morgan fingerprint density at radius 1 is 1.11 bits per heavy atom. The van der Waals surface area contributed by atoms with Gasteiger partial charge in [0.2, 0.25) is 0 Å². The molecule has 102 valence electrons. The van der Waals surface area contributed by atoms with E-state index in [1.54, 1.807) is 7.05 Å². The molecule has 0 N–H and O–H groups in total. The molecule has 1 aliphatic heterocycles. The van der Waals surface area contributed by atoms with Gasteiger partial charge in [0, 0.05) is 26.9 Å². The van der Waals surface area contributed by atoms with Gasteiger partial charge in [-0.3, -0.25) is 14.5 Å². The first kappa shape index (κ1) is 14.7. The molecule has 2 rings (SSSR count). The average molecular weight is 254 g/mol. The van der Waals surface area contributed by atoms with Crippen molar-refractivity contribution in [2.24, 2.45) is 5.92 Å². The molecule has 3 amide bonds. The minimum atomic E-state index is -0.858. The molecule has 1 atom stereocenters. The molecule has 1 aliphatic carbocycles. The summed E-state index contributed by atoms with van der Waals surface area (Å²) in [5.41, 5.74) is -0.858. The molecule has 2 aliphatic rings. The van der Waals surface area contributed by atoms with Gasteiger partial charge in [-0.25, -0.2) is 4.79 Å². The van der Waals surface area contributed by atoms with Crippen molar-refractivity contribution in [3.63, 3.8) is 0 Å². The number of ketones is 1. The minimum absolute atomic E-state index is 0.0632. The summed E-state index contributed by atoms with van der Waals surface area (Å²) in [4.78, 5) is 37.0. The van der Waals surface area contributed by atoms with Crippen molar-refractivity contribution in [1.82, 2.24) is 9.80 Å². The van der Waals surface area contributed by atoms with Gasteiger partial charge in [-0.1, -0.05) is 20.8 Å². The average Bonchev–Trinajstić information content (AvgIpc) is 2.73. The summed E-state index contributed by atoms with van der Waals surface area (Å²) in [6.45, 7) is 6.50. The van der Waals surface area contributed by atoms with Crippen LogP contribution in [0.3, 0.4) is 0 Å². The highest BCUT2D eigenvalue weighted by Crippen LogP contribution is 2.38. The first-order chi connectivity index (χ1) is 8.22. The van der Waals surface area contributed by atoms with Crippen LogP contribution < -0.4 is 0 Å². The maximum absolute atomic E-state index is 11.8. The normalized spacial score (nSPS) is 27.3. The number of amides is 3. The van der Waals surface area contributed by atoms with E-state index in [4.69, 9.17) is 0 Å². The second kappa shape index (κ2) is 5.08. The van der Waals surface area contributed by atoms with Crippen LogP contribution in [0.15, 0.2) is 0 Å². The van der Waals surface area contributed by atoms with Crippen molar-refractivity contribution in [2.45, 2.75) is 45.6 Å². The third-order valence-electron chi connectivity index (χ3n) is 3.23. The van der Waals surface area contributed by atoms with Gasteiger partial charge in [-0.05, 0) is 12.3 Å². The maximum atomic E-state index is 11.8. The molecular formula is C13H22N2O3. The van der Waals surface area contributed by atoms with Crippen molar-refractivity contribution >= 4 is 17.7 Å². The number of likely N-dealkylation sites (N-methyl/N-ethyl adjacent to an activating group) is 2. The Bertz CT molecular complexity index is 376. The SMILES string of the molecule is CC(C)C.CN1C(=O)N(C)C2(CCC(=O)C2)C1=O. The molecule has 0 aromatic carbocycles. The summed E-state index contributed by atoms with van der Waals surface area (Å²) >= 11 is 0. The fourth-order valence-electron chi connectivity index (χ4n) is 2.27. The molecule has 1 unspecified atom stereocenters. The van der Waals surface area contributed by atoms with E-state index in [-0.39, 0.29) is 24.1 Å². The summed E-state index contributed by atoms with van der Waals surface area (Å²) in [6.07, 6.45) is 1.05. The van der Waals surface area contributed by atoms with Crippen molar-refractivity contribution < 1.29 is 14.4 Å². The van der Waals surface area contributed by atoms with Crippen LogP contribution in [-0.2, 0) is 9.59 Å². The Morgan fingerprint density at radius 3 is 1.89 bits per heavy atom. The number of carbonyl (C=O) groups excluding carboxylic acids is 3. The molecule has 18 heavy (non-hydrogen) atoms. The third-order valence-corrected chi connectivity index (χ3v) is 3.23. The van der Waals surface area contributed by atoms with Gasteiger partial charge in [0.1, 0.15) is 11.3 Å². The summed E-state index contributed by atoms with van der Waals surface area (Å²) in [7, 11) is 3.04. The maximum Gasteiger partial charge on any atom is 0.327 e. The molecule has 5 heteroatoms. The van der Waals surface area contributed by atoms with Gasteiger partial charge in [-0.15, -0.1) is 0 Å². The second-order valence-corrected chi connectivity index (χ2v) is 5.68. The predicted molar refractivity (Wildman–Crippen MR) is 68.0 cm³/mol. The fourth-order valence-corrected chi connectivity index (χ4v) is 2.27. The number of urea groups is 1. The Morgan fingerprint density at radius 2 is 1.61 bits per heavy atom. The number of hydrogen-bond acceptors (Lipinski definition) is 3. The van der Waals surface area contributed by atoms with E-state index in [0.717, 1.165) is 10.8 Å². The molecular weight excluding hydrogens is 232 g/mol. The number of imide groups is 1. The number of carbonyl (C=O) groups is 3. The van der Waals surface area contributed by atoms with Gasteiger partial charge in [0.15, 0.2) is 0 Å². The zero-order chi connectivity index (χ0) is 14.1. The zero-order valence-electron chi connectivity index (χ0n) is 11.8. The van der Waals surface area contributed by atoms with Crippen LogP contribution in [0.4, 0.5) is 4.79 Å². The topological polar surface area (TPSA) is 57.7 Å². The van der Waals surface area contributed by atoms with E-state index in [1.165, 1.54) is 11.9 Å². The highest BCUT2D eigenvalue weighted by Gasteiger charge is 2.57. The largest absolute Gasteiger partial charge is 0.327 e. The molecule has 0 aromatic rings. The van der Waals surface area contributed by atoms with Crippen molar-refractivity contribution in [3.05, 3.63) is 0 Å². The first-order valence-electron chi connectivity index (χ1n) is 6.30. The highest BCUT2D eigenvalue weighted by molar-refractivity contribution is 6.09. The predicted octanol–water partition coefficient (Wildman–Crippen LogP) is 1.66. The van der Waals surface area contributed by atoms with E-state index in [1.807, 2.05) is 0 Å². The lowest BCUT2D eigenvalue weighted by molar-refractivity contribution is -0.133. The van der Waals surface area contributed by atoms with Gasteiger partial charge in [0.25, 0.3) is 5.91 Å². The second-order valence-electron chi connectivity index (χ2n) is 5.68. The van der Waals surface area contributed by atoms with E-state index >= 15 is 0 Å². The van der Waals surface area contributed by atoms with Crippen molar-refractivity contribution in [1.29, 1.82) is 0 Å². The lowest BCUT2D eigenvalue weighted by Gasteiger charge is -2.26. The molecule has 2 fully saturated rings. The third kappa shape index (κ3) is 2.40. The van der Waals surface area contributed by atoms with Gasteiger partial charge in [-0.2, -0.15) is 0 Å². The molecule has 1 spiro atoms. The summed E-state index contributed by atoms with van der Waals surface area (Å²) in [6, 6.07) is -0.315. The van der Waals surface area contributed by atoms with Gasteiger partial charge in [0.05, 0.1) is 0 Å². The van der Waals surface area contributed by atoms with Crippen molar-refractivity contribution in [3.8, 4) is 0 Å². The van der Waals surface area contributed by atoms with Gasteiger partial charge < -0.3 is 4.90 Å². The molecule has 0 bridgehead atoms. The molecule has 0 radical (unpaired) electrons. The summed E-state index contributed by atoms with van der Waals surface area (Å²) in [5, 5.41) is 0. The number of rotatable bonds is 0. The van der Waals surface area contributed by atoms with Crippen LogP contribution in [0.2, 0.25) is 0 Å². The number of hydrogen-bond donors (Lipinski definition) is 0. The Balaban J connectivity index is 0.000000357. The quantitative estimate of drug-likeness (QED) is 0.618. The smallest absolute Gasteiger partial charge is 0.312 e. The van der Waals surface area contributed by atoms with E-state index in [2.05, 4.69) is 20.8 Å². The zero-order valence-corrected chi connectivity index (χ0v) is 11.8. The van der Waals surface area contributed by atoms with Crippen molar-refractivity contribution in [2.75, 3.05) is 14.1 Å². The molecule has 0 aromatic heterocycles. The van der Waals surface area contributed by atoms with Crippen LogP contribution in [0.25, 0.3) is 0 Å². The lowest BCUT2D eigenvalue weighted by atomic mass is 9.96. The van der Waals surface area contributed by atoms with Crippen LogP contribution in [0.1, 0.15) is 40.0 Å². The number of nitrogens with zero attached hydrogens (tertiary/aromatic N) is 2. The monoisotopic (exact) mass is 254 g/mol. The Labute approximate surface area is 108 Å². The van der Waals surface area contributed by atoms with Crippen LogP contribution in [-0.4, -0.2) is 47.2 Å². The fraction of sp³-hybridized carbons (Fsp3) is 0.769. The molecule has 1 saturated heterocycles. The minimum Gasteiger partial charge on any atom is -0.312 e. The Kier molecular flexibility index (Phi) is 4.14. The summed E-state index contributed by atoms with van der Waals surface area (Å²) < 4.78 is 0. The highest BCUT2D eigenvalue weighted by atomic mass is 16.2. The molecule has 5 nitrogen and oxygen atoms in total. The van der Waals surface area contributed by atoms with E-state index in [9.17, 15) is 14.4 Å². The Hall–Kier alpha value is -1.39.